The fourth-order valence-electron chi connectivity index (χ4n) is 2.00. The number of unbranched alkanes of at least 4 members (excludes halogenated alkanes) is 1. The van der Waals surface area contributed by atoms with Crippen LogP contribution in [0.4, 0.5) is 0 Å². The molecule has 1 aromatic rings. The highest BCUT2D eigenvalue weighted by atomic mass is 16.2. The summed E-state index contributed by atoms with van der Waals surface area (Å²) in [7, 11) is 0. The van der Waals surface area contributed by atoms with Crippen LogP contribution in [-0.2, 0) is 20.9 Å². The lowest BCUT2D eigenvalue weighted by Gasteiger charge is -2.20. The van der Waals surface area contributed by atoms with Crippen LogP contribution in [0.2, 0.25) is 0 Å². The van der Waals surface area contributed by atoms with Crippen molar-refractivity contribution < 1.29 is 14.4 Å². The maximum Gasteiger partial charge on any atom is 0.268 e. The second-order valence-corrected chi connectivity index (χ2v) is 4.92. The van der Waals surface area contributed by atoms with E-state index in [1.807, 2.05) is 37.3 Å². The molecule has 0 bridgehead atoms. The van der Waals surface area contributed by atoms with Gasteiger partial charge in [0.1, 0.15) is 5.70 Å². The molecule has 118 valence electrons. The third-order valence-corrected chi connectivity index (χ3v) is 3.03. The first kappa shape index (κ1) is 17.6. The molecule has 0 heterocycles. The highest BCUT2D eigenvalue weighted by molar-refractivity contribution is 6.05. The molecule has 0 aliphatic carbocycles. The number of carbonyl (C=O) groups is 3. The average molecular weight is 302 g/mol. The highest BCUT2D eigenvalue weighted by Gasteiger charge is 2.24. The van der Waals surface area contributed by atoms with Gasteiger partial charge in [-0.15, -0.1) is 0 Å². The lowest BCUT2D eigenvalue weighted by molar-refractivity contribution is -0.142. The van der Waals surface area contributed by atoms with Gasteiger partial charge in [0.05, 0.1) is 0 Å². The summed E-state index contributed by atoms with van der Waals surface area (Å²) in [6.45, 7) is 4.84. The van der Waals surface area contributed by atoms with Crippen molar-refractivity contribution in [2.24, 2.45) is 0 Å². The zero-order valence-electron chi connectivity index (χ0n) is 13.3. The quantitative estimate of drug-likeness (QED) is 0.820. The first-order valence-electron chi connectivity index (χ1n) is 7.31. The monoisotopic (exact) mass is 302 g/mol. The number of nitrogens with one attached hydrogen (secondary N) is 1. The van der Waals surface area contributed by atoms with E-state index < -0.39 is 17.7 Å². The predicted octanol–water partition coefficient (Wildman–Crippen LogP) is 2.38. The van der Waals surface area contributed by atoms with E-state index in [9.17, 15) is 14.4 Å². The number of nitrogens with zero attached hydrogens (tertiary/aromatic N) is 1. The van der Waals surface area contributed by atoms with Crippen LogP contribution in [0.15, 0.2) is 42.1 Å². The number of amides is 3. The summed E-state index contributed by atoms with van der Waals surface area (Å²) in [6.07, 6.45) is 3.06. The Balaban J connectivity index is 2.89. The van der Waals surface area contributed by atoms with Crippen molar-refractivity contribution in [2.45, 2.75) is 40.2 Å². The van der Waals surface area contributed by atoms with E-state index in [2.05, 4.69) is 5.32 Å². The Bertz CT molecular complexity index is 551. The van der Waals surface area contributed by atoms with E-state index in [1.54, 1.807) is 6.08 Å². The van der Waals surface area contributed by atoms with Crippen molar-refractivity contribution in [3.8, 4) is 0 Å². The van der Waals surface area contributed by atoms with Gasteiger partial charge in [-0.2, -0.15) is 0 Å². The lowest BCUT2D eigenvalue weighted by atomic mass is 10.2. The maximum absolute atomic E-state index is 12.3. The minimum Gasteiger partial charge on any atom is -0.347 e. The lowest BCUT2D eigenvalue weighted by Crippen LogP contribution is -2.40. The van der Waals surface area contributed by atoms with Gasteiger partial charge in [0.2, 0.25) is 11.8 Å². The molecule has 5 nitrogen and oxygen atoms in total. The molecule has 1 rings (SSSR count). The molecule has 0 aliphatic rings. The summed E-state index contributed by atoms with van der Waals surface area (Å²) >= 11 is 0. The number of rotatable bonds is 6. The van der Waals surface area contributed by atoms with E-state index in [0.29, 0.717) is 13.0 Å². The van der Waals surface area contributed by atoms with E-state index in [-0.39, 0.29) is 5.70 Å². The van der Waals surface area contributed by atoms with Crippen LogP contribution in [-0.4, -0.2) is 22.6 Å². The fraction of sp³-hybridized carbons (Fsp3) is 0.353. The molecular weight excluding hydrogens is 280 g/mol. The van der Waals surface area contributed by atoms with Gasteiger partial charge in [0, 0.05) is 20.4 Å². The number of hydrogen-bond donors (Lipinski definition) is 1. The number of benzene rings is 1. The van der Waals surface area contributed by atoms with Gasteiger partial charge in [-0.05, 0) is 12.0 Å². The van der Waals surface area contributed by atoms with Crippen LogP contribution in [0.25, 0.3) is 0 Å². The third kappa shape index (κ3) is 5.16. The van der Waals surface area contributed by atoms with Crippen LogP contribution in [0, 0.1) is 0 Å². The summed E-state index contributed by atoms with van der Waals surface area (Å²) in [6, 6.07) is 9.44. The Labute approximate surface area is 131 Å². The molecule has 1 aromatic carbocycles. The molecule has 5 heteroatoms. The van der Waals surface area contributed by atoms with Crippen LogP contribution in [0.3, 0.4) is 0 Å². The molecule has 0 unspecified atom stereocenters. The first-order chi connectivity index (χ1) is 10.5. The van der Waals surface area contributed by atoms with Crippen molar-refractivity contribution in [3.63, 3.8) is 0 Å². The summed E-state index contributed by atoms with van der Waals surface area (Å²) < 4.78 is 0. The number of imide groups is 1. The average Bonchev–Trinajstić information content (AvgIpc) is 2.49. The molecule has 0 saturated heterocycles. The second-order valence-electron chi connectivity index (χ2n) is 4.92. The molecular formula is C17H22N2O3. The SMILES string of the molecule is CCCC=C(C(=O)NCc1ccccc1)N(C(C)=O)C(C)=O. The number of allylic oxidation sites excluding steroid dienone is 1. The van der Waals surface area contributed by atoms with Crippen molar-refractivity contribution in [3.05, 3.63) is 47.7 Å². The second kappa shape index (κ2) is 8.77. The molecule has 0 saturated carbocycles. The van der Waals surface area contributed by atoms with E-state index >= 15 is 0 Å². The Hall–Kier alpha value is -2.43. The Kier molecular flexibility index (Phi) is 7.02. The highest BCUT2D eigenvalue weighted by Crippen LogP contribution is 2.09. The normalized spacial score (nSPS) is 11.0. The summed E-state index contributed by atoms with van der Waals surface area (Å²) in [5, 5.41) is 2.74. The minimum atomic E-state index is -0.468. The topological polar surface area (TPSA) is 66.5 Å². The number of carbonyl (C=O) groups excluding carboxylic acids is 3. The van der Waals surface area contributed by atoms with Gasteiger partial charge in [-0.3, -0.25) is 14.4 Å². The minimum absolute atomic E-state index is 0.0952. The third-order valence-electron chi connectivity index (χ3n) is 3.03. The predicted molar refractivity (Wildman–Crippen MR) is 84.5 cm³/mol. The molecule has 1 N–H and O–H groups in total. The van der Waals surface area contributed by atoms with Crippen molar-refractivity contribution in [1.29, 1.82) is 0 Å². The smallest absolute Gasteiger partial charge is 0.268 e. The van der Waals surface area contributed by atoms with Gasteiger partial charge in [-0.25, -0.2) is 4.90 Å². The molecule has 3 amide bonds. The molecule has 0 radical (unpaired) electrons. The zero-order valence-corrected chi connectivity index (χ0v) is 13.3. The van der Waals surface area contributed by atoms with Gasteiger partial charge in [0.15, 0.2) is 0 Å². The molecule has 0 atom stereocenters. The van der Waals surface area contributed by atoms with Crippen molar-refractivity contribution >= 4 is 17.7 Å². The molecule has 0 spiro atoms. The van der Waals surface area contributed by atoms with Crippen LogP contribution in [0.1, 0.15) is 39.2 Å². The Morgan fingerprint density at radius 2 is 1.68 bits per heavy atom. The summed E-state index contributed by atoms with van der Waals surface area (Å²) in [5.74, 6) is -1.36. The van der Waals surface area contributed by atoms with Gasteiger partial charge < -0.3 is 5.32 Å². The Morgan fingerprint density at radius 3 is 2.18 bits per heavy atom. The molecule has 0 fully saturated rings. The number of hydrogen-bond acceptors (Lipinski definition) is 3. The van der Waals surface area contributed by atoms with Crippen LogP contribution < -0.4 is 5.32 Å². The molecule has 0 aromatic heterocycles. The van der Waals surface area contributed by atoms with Gasteiger partial charge in [-0.1, -0.05) is 49.8 Å². The fourth-order valence-corrected chi connectivity index (χ4v) is 2.00. The first-order valence-corrected chi connectivity index (χ1v) is 7.31. The Morgan fingerprint density at radius 1 is 1.09 bits per heavy atom. The van der Waals surface area contributed by atoms with Crippen molar-refractivity contribution in [2.75, 3.05) is 0 Å². The zero-order chi connectivity index (χ0) is 16.5. The van der Waals surface area contributed by atoms with E-state index in [1.165, 1.54) is 13.8 Å². The summed E-state index contributed by atoms with van der Waals surface area (Å²) in [5.41, 5.74) is 1.04. The largest absolute Gasteiger partial charge is 0.347 e. The van der Waals surface area contributed by atoms with Gasteiger partial charge >= 0.3 is 0 Å². The van der Waals surface area contributed by atoms with Crippen LogP contribution >= 0.6 is 0 Å². The van der Waals surface area contributed by atoms with Crippen molar-refractivity contribution in [1.82, 2.24) is 10.2 Å². The van der Waals surface area contributed by atoms with E-state index in [4.69, 9.17) is 0 Å². The summed E-state index contributed by atoms with van der Waals surface area (Å²) in [4.78, 5) is 36.6. The van der Waals surface area contributed by atoms with Crippen LogP contribution in [0.5, 0.6) is 0 Å². The molecule has 22 heavy (non-hydrogen) atoms. The van der Waals surface area contributed by atoms with E-state index in [0.717, 1.165) is 16.9 Å². The standard InChI is InChI=1S/C17H22N2O3/c1-4-5-11-16(19(13(2)20)14(3)21)17(22)18-12-15-9-7-6-8-10-15/h6-11H,4-5,12H2,1-3H3,(H,18,22). The van der Waals surface area contributed by atoms with Gasteiger partial charge in [0.25, 0.3) is 5.91 Å². The molecule has 0 aliphatic heterocycles. The maximum atomic E-state index is 12.3.